The topological polar surface area (TPSA) is 81.3 Å². The van der Waals surface area contributed by atoms with Crippen LogP contribution in [0.2, 0.25) is 0 Å². The third-order valence-electron chi connectivity index (χ3n) is 3.49. The Morgan fingerprint density at radius 3 is 2.67 bits per heavy atom. The molecule has 134 valence electrons. The molecule has 2 rings (SSSR count). The van der Waals surface area contributed by atoms with Gasteiger partial charge in [0.15, 0.2) is 5.69 Å². The van der Waals surface area contributed by atoms with E-state index in [1.165, 1.54) is 4.90 Å². The first-order chi connectivity index (χ1) is 11.2. The van der Waals surface area contributed by atoms with Crippen molar-refractivity contribution in [2.75, 3.05) is 18.9 Å². The van der Waals surface area contributed by atoms with E-state index in [-0.39, 0.29) is 24.6 Å². The number of hydrogen-bond donors (Lipinski definition) is 1. The van der Waals surface area contributed by atoms with Crippen molar-refractivity contribution in [1.29, 1.82) is 0 Å². The third-order valence-corrected chi connectivity index (χ3v) is 3.49. The van der Waals surface area contributed by atoms with Gasteiger partial charge in [0.25, 0.3) is 0 Å². The fraction of sp³-hybridized carbons (Fsp3) is 0.667. The monoisotopic (exact) mass is 346 g/mol. The van der Waals surface area contributed by atoms with Crippen molar-refractivity contribution in [3.8, 4) is 0 Å². The number of hydrogen-bond acceptors (Lipinski definition) is 5. The van der Waals surface area contributed by atoms with Gasteiger partial charge in [-0.1, -0.05) is 13.8 Å². The first-order valence-corrected chi connectivity index (χ1v) is 7.77. The van der Waals surface area contributed by atoms with Gasteiger partial charge >= 0.3 is 12.3 Å². The van der Waals surface area contributed by atoms with E-state index in [0.29, 0.717) is 12.5 Å². The van der Waals surface area contributed by atoms with Gasteiger partial charge in [-0.15, -0.1) is 0 Å². The van der Waals surface area contributed by atoms with Crippen molar-refractivity contribution < 1.29 is 22.7 Å². The number of anilines is 1. The Morgan fingerprint density at radius 1 is 1.46 bits per heavy atom. The highest BCUT2D eigenvalue weighted by molar-refractivity contribution is 5.67. The maximum absolute atomic E-state index is 13.1. The summed E-state index contributed by atoms with van der Waals surface area (Å²) in [4.78, 5) is 20.4. The van der Waals surface area contributed by atoms with Gasteiger partial charge < -0.3 is 15.4 Å². The van der Waals surface area contributed by atoms with Crippen molar-refractivity contribution in [3.05, 3.63) is 17.5 Å². The van der Waals surface area contributed by atoms with Crippen LogP contribution in [-0.4, -0.2) is 34.1 Å². The summed E-state index contributed by atoms with van der Waals surface area (Å²) in [6, 6.07) is 0. The SMILES string of the molecule is CC(C)COC(=O)N(Cc1cnc(N)nc1C(F)(F)F)CC1CC1. The third kappa shape index (κ3) is 5.24. The van der Waals surface area contributed by atoms with Crippen LogP contribution in [-0.2, 0) is 17.5 Å². The number of rotatable bonds is 6. The van der Waals surface area contributed by atoms with Crippen LogP contribution in [0.4, 0.5) is 23.9 Å². The molecular weight excluding hydrogens is 325 g/mol. The van der Waals surface area contributed by atoms with Gasteiger partial charge in [0.1, 0.15) is 0 Å². The van der Waals surface area contributed by atoms with E-state index in [4.69, 9.17) is 10.5 Å². The largest absolute Gasteiger partial charge is 0.449 e. The molecule has 1 aromatic heterocycles. The van der Waals surface area contributed by atoms with Crippen LogP contribution in [0, 0.1) is 11.8 Å². The van der Waals surface area contributed by atoms with E-state index in [1.807, 2.05) is 13.8 Å². The van der Waals surface area contributed by atoms with E-state index in [1.54, 1.807) is 0 Å². The molecule has 1 aliphatic carbocycles. The minimum absolute atomic E-state index is 0.141. The van der Waals surface area contributed by atoms with Crippen LogP contribution in [0.25, 0.3) is 0 Å². The zero-order chi connectivity index (χ0) is 17.9. The van der Waals surface area contributed by atoms with Gasteiger partial charge in [0, 0.05) is 18.3 Å². The fourth-order valence-electron chi connectivity index (χ4n) is 2.13. The zero-order valence-electron chi connectivity index (χ0n) is 13.6. The van der Waals surface area contributed by atoms with Crippen LogP contribution in [0.1, 0.15) is 37.9 Å². The van der Waals surface area contributed by atoms with Crippen LogP contribution < -0.4 is 5.73 Å². The fourth-order valence-corrected chi connectivity index (χ4v) is 2.13. The number of amides is 1. The number of nitrogens with two attached hydrogens (primary N) is 1. The number of aromatic nitrogens is 2. The molecule has 1 saturated carbocycles. The van der Waals surface area contributed by atoms with Crippen LogP contribution >= 0.6 is 0 Å². The predicted octanol–water partition coefficient (Wildman–Crippen LogP) is 3.08. The van der Waals surface area contributed by atoms with E-state index in [9.17, 15) is 18.0 Å². The molecule has 1 fully saturated rings. The van der Waals surface area contributed by atoms with Crippen molar-refractivity contribution >= 4 is 12.0 Å². The molecule has 0 saturated heterocycles. The molecule has 1 aliphatic rings. The summed E-state index contributed by atoms with van der Waals surface area (Å²) in [6.45, 7) is 4.08. The second-order valence-corrected chi connectivity index (χ2v) is 6.39. The minimum Gasteiger partial charge on any atom is -0.449 e. The molecule has 1 aromatic rings. The lowest BCUT2D eigenvalue weighted by molar-refractivity contribution is -0.142. The number of alkyl halides is 3. The quantitative estimate of drug-likeness (QED) is 0.856. The van der Waals surface area contributed by atoms with Gasteiger partial charge in [-0.25, -0.2) is 14.8 Å². The molecule has 2 N–H and O–H groups in total. The van der Waals surface area contributed by atoms with Gasteiger partial charge in [-0.3, -0.25) is 0 Å². The Labute approximate surface area is 138 Å². The van der Waals surface area contributed by atoms with E-state index in [0.717, 1.165) is 19.0 Å². The van der Waals surface area contributed by atoms with Gasteiger partial charge in [-0.2, -0.15) is 13.2 Å². The highest BCUT2D eigenvalue weighted by Gasteiger charge is 2.37. The van der Waals surface area contributed by atoms with Crippen molar-refractivity contribution in [1.82, 2.24) is 14.9 Å². The lowest BCUT2D eigenvalue weighted by Crippen LogP contribution is -2.34. The Hall–Kier alpha value is -2.06. The van der Waals surface area contributed by atoms with E-state index >= 15 is 0 Å². The number of carbonyl (C=O) groups is 1. The summed E-state index contributed by atoms with van der Waals surface area (Å²) in [5.41, 5.74) is 3.95. The summed E-state index contributed by atoms with van der Waals surface area (Å²) in [5.74, 6) is -0.00911. The van der Waals surface area contributed by atoms with Crippen LogP contribution in [0.3, 0.4) is 0 Å². The number of carbonyl (C=O) groups excluding carboxylic acids is 1. The summed E-state index contributed by atoms with van der Waals surface area (Å²) in [5, 5.41) is 0. The molecule has 0 unspecified atom stereocenters. The lowest BCUT2D eigenvalue weighted by Gasteiger charge is -2.24. The predicted molar refractivity (Wildman–Crippen MR) is 80.8 cm³/mol. The molecule has 1 heterocycles. The molecule has 0 bridgehead atoms. The molecule has 0 atom stereocenters. The molecular formula is C15H21F3N4O2. The average Bonchev–Trinajstić information content (AvgIpc) is 3.28. The number of nitrogens with zero attached hydrogens (tertiary/aromatic N) is 3. The van der Waals surface area contributed by atoms with Crippen molar-refractivity contribution in [3.63, 3.8) is 0 Å². The zero-order valence-corrected chi connectivity index (χ0v) is 13.6. The summed E-state index contributed by atoms with van der Waals surface area (Å²) in [6.07, 6.45) is -2.36. The molecule has 0 aliphatic heterocycles. The molecule has 0 spiro atoms. The number of ether oxygens (including phenoxy) is 1. The van der Waals surface area contributed by atoms with Crippen LogP contribution in [0.15, 0.2) is 6.20 Å². The maximum atomic E-state index is 13.1. The molecule has 0 radical (unpaired) electrons. The Bertz CT molecular complexity index is 589. The standard InChI is InChI=1S/C15H21F3N4O2/c1-9(2)8-24-14(23)22(6-10-3-4-10)7-11-5-20-13(19)21-12(11)15(16,17)18/h5,9-10H,3-4,6-8H2,1-2H3,(H2,19,20,21). The van der Waals surface area contributed by atoms with Crippen molar-refractivity contribution in [2.24, 2.45) is 11.8 Å². The van der Waals surface area contributed by atoms with Crippen molar-refractivity contribution in [2.45, 2.75) is 39.4 Å². The molecule has 1 amide bonds. The first-order valence-electron chi connectivity index (χ1n) is 7.77. The Kier molecular flexibility index (Phi) is 5.51. The summed E-state index contributed by atoms with van der Waals surface area (Å²) < 4.78 is 44.5. The first kappa shape index (κ1) is 18.3. The summed E-state index contributed by atoms with van der Waals surface area (Å²) >= 11 is 0. The number of halogens is 3. The minimum atomic E-state index is -4.67. The van der Waals surface area contributed by atoms with Crippen LogP contribution in [0.5, 0.6) is 0 Å². The lowest BCUT2D eigenvalue weighted by atomic mass is 10.2. The second kappa shape index (κ2) is 7.23. The normalized spacial score (nSPS) is 14.8. The van der Waals surface area contributed by atoms with E-state index < -0.39 is 23.9 Å². The maximum Gasteiger partial charge on any atom is 0.433 e. The highest BCUT2D eigenvalue weighted by atomic mass is 19.4. The van der Waals surface area contributed by atoms with Gasteiger partial charge in [-0.05, 0) is 24.7 Å². The smallest absolute Gasteiger partial charge is 0.433 e. The Morgan fingerprint density at radius 2 is 2.12 bits per heavy atom. The van der Waals surface area contributed by atoms with E-state index in [2.05, 4.69) is 9.97 Å². The summed E-state index contributed by atoms with van der Waals surface area (Å²) in [7, 11) is 0. The Balaban J connectivity index is 2.18. The highest BCUT2D eigenvalue weighted by Crippen LogP contribution is 2.33. The number of nitrogen functional groups attached to an aromatic ring is 1. The van der Waals surface area contributed by atoms with Gasteiger partial charge in [0.2, 0.25) is 5.95 Å². The molecule has 0 aromatic carbocycles. The molecule has 9 heteroatoms. The average molecular weight is 346 g/mol. The second-order valence-electron chi connectivity index (χ2n) is 6.39. The van der Waals surface area contributed by atoms with Gasteiger partial charge in [0.05, 0.1) is 13.2 Å². The molecule has 6 nitrogen and oxygen atoms in total. The molecule has 24 heavy (non-hydrogen) atoms.